The maximum Gasteiger partial charge on any atom is 0.407 e. The zero-order valence-corrected chi connectivity index (χ0v) is 10.9. The summed E-state index contributed by atoms with van der Waals surface area (Å²) in [6, 6.07) is 0. The number of carboxylic acid groups (broad SMARTS) is 1. The van der Waals surface area contributed by atoms with E-state index in [1.54, 1.807) is 4.90 Å². The van der Waals surface area contributed by atoms with Crippen molar-refractivity contribution in [1.29, 1.82) is 0 Å². The standard InChI is InChI=1S/C11H22N2O2.ClH/c1-9(2)7-13(11(14)15)8-10-3-5-12-6-4-10;/h9-10,12H,3-8H2,1-2H3,(H,14,15);1H. The van der Waals surface area contributed by atoms with E-state index >= 15 is 0 Å². The van der Waals surface area contributed by atoms with Gasteiger partial charge in [-0.05, 0) is 37.8 Å². The van der Waals surface area contributed by atoms with Gasteiger partial charge in [0.15, 0.2) is 0 Å². The smallest absolute Gasteiger partial charge is 0.407 e. The average molecular weight is 251 g/mol. The minimum Gasteiger partial charge on any atom is -0.465 e. The van der Waals surface area contributed by atoms with Gasteiger partial charge in [0.25, 0.3) is 0 Å². The van der Waals surface area contributed by atoms with E-state index in [9.17, 15) is 4.79 Å². The molecule has 0 aromatic heterocycles. The highest BCUT2D eigenvalue weighted by atomic mass is 35.5. The maximum absolute atomic E-state index is 11.0. The van der Waals surface area contributed by atoms with Crippen LogP contribution in [0.4, 0.5) is 4.79 Å². The first kappa shape index (κ1) is 15.5. The molecule has 1 saturated heterocycles. The predicted octanol–water partition coefficient (Wildman–Crippen LogP) is 2.04. The second kappa shape index (κ2) is 7.74. The molecule has 1 aliphatic heterocycles. The van der Waals surface area contributed by atoms with Gasteiger partial charge in [-0.2, -0.15) is 0 Å². The van der Waals surface area contributed by atoms with Gasteiger partial charge < -0.3 is 15.3 Å². The van der Waals surface area contributed by atoms with Gasteiger partial charge in [-0.15, -0.1) is 12.4 Å². The van der Waals surface area contributed by atoms with E-state index in [-0.39, 0.29) is 12.4 Å². The Labute approximate surface area is 104 Å². The van der Waals surface area contributed by atoms with Crippen molar-refractivity contribution in [2.24, 2.45) is 11.8 Å². The Morgan fingerprint density at radius 3 is 2.44 bits per heavy atom. The molecule has 1 amide bonds. The summed E-state index contributed by atoms with van der Waals surface area (Å²) in [4.78, 5) is 12.6. The molecule has 0 saturated carbocycles. The van der Waals surface area contributed by atoms with E-state index in [0.29, 0.717) is 24.9 Å². The molecule has 0 aromatic rings. The molecule has 0 unspecified atom stereocenters. The highest BCUT2D eigenvalue weighted by Gasteiger charge is 2.20. The fourth-order valence-corrected chi connectivity index (χ4v) is 2.05. The number of rotatable bonds is 4. The summed E-state index contributed by atoms with van der Waals surface area (Å²) in [6.45, 7) is 7.52. The molecule has 1 rings (SSSR count). The van der Waals surface area contributed by atoms with Crippen LogP contribution in [0.2, 0.25) is 0 Å². The van der Waals surface area contributed by atoms with Crippen LogP contribution in [0.15, 0.2) is 0 Å². The lowest BCUT2D eigenvalue weighted by Crippen LogP contribution is -2.40. The summed E-state index contributed by atoms with van der Waals surface area (Å²) < 4.78 is 0. The van der Waals surface area contributed by atoms with Crippen molar-refractivity contribution < 1.29 is 9.90 Å². The van der Waals surface area contributed by atoms with Gasteiger partial charge in [-0.25, -0.2) is 4.79 Å². The number of carbonyl (C=O) groups is 1. The minimum absolute atomic E-state index is 0. The van der Waals surface area contributed by atoms with Crippen LogP contribution in [0.25, 0.3) is 0 Å². The van der Waals surface area contributed by atoms with Crippen molar-refractivity contribution in [3.8, 4) is 0 Å². The van der Waals surface area contributed by atoms with Gasteiger partial charge in [-0.3, -0.25) is 0 Å². The normalized spacial score (nSPS) is 16.9. The summed E-state index contributed by atoms with van der Waals surface area (Å²) >= 11 is 0. The average Bonchev–Trinajstić information content (AvgIpc) is 2.17. The zero-order valence-electron chi connectivity index (χ0n) is 10.1. The van der Waals surface area contributed by atoms with Crippen LogP contribution in [-0.2, 0) is 0 Å². The number of piperidine rings is 1. The summed E-state index contributed by atoms with van der Waals surface area (Å²) in [5.74, 6) is 0.948. The molecule has 1 heterocycles. The molecule has 0 bridgehead atoms. The predicted molar refractivity (Wildman–Crippen MR) is 67.3 cm³/mol. The van der Waals surface area contributed by atoms with Crippen molar-refractivity contribution in [1.82, 2.24) is 10.2 Å². The van der Waals surface area contributed by atoms with Crippen molar-refractivity contribution in [2.75, 3.05) is 26.2 Å². The number of nitrogens with one attached hydrogen (secondary N) is 1. The highest BCUT2D eigenvalue weighted by molar-refractivity contribution is 5.85. The Balaban J connectivity index is 0.00000225. The largest absolute Gasteiger partial charge is 0.465 e. The number of nitrogens with zero attached hydrogens (tertiary/aromatic N) is 1. The van der Waals surface area contributed by atoms with Crippen LogP contribution in [0.3, 0.4) is 0 Å². The monoisotopic (exact) mass is 250 g/mol. The zero-order chi connectivity index (χ0) is 11.3. The molecule has 96 valence electrons. The Morgan fingerprint density at radius 1 is 1.44 bits per heavy atom. The molecule has 1 aliphatic rings. The van der Waals surface area contributed by atoms with Gasteiger partial charge in [-0.1, -0.05) is 13.8 Å². The first-order valence-electron chi connectivity index (χ1n) is 5.78. The third-order valence-electron chi connectivity index (χ3n) is 2.79. The number of amides is 1. The lowest BCUT2D eigenvalue weighted by Gasteiger charge is -2.29. The van der Waals surface area contributed by atoms with Crippen molar-refractivity contribution >= 4 is 18.5 Å². The fourth-order valence-electron chi connectivity index (χ4n) is 2.05. The number of halogens is 1. The van der Waals surface area contributed by atoms with Crippen molar-refractivity contribution in [3.63, 3.8) is 0 Å². The molecule has 16 heavy (non-hydrogen) atoms. The summed E-state index contributed by atoms with van der Waals surface area (Å²) in [6.07, 6.45) is 1.42. The number of hydrogen-bond acceptors (Lipinski definition) is 2. The van der Waals surface area contributed by atoms with E-state index in [0.717, 1.165) is 25.9 Å². The minimum atomic E-state index is -0.776. The third-order valence-corrected chi connectivity index (χ3v) is 2.79. The van der Waals surface area contributed by atoms with Gasteiger partial charge in [0, 0.05) is 13.1 Å². The molecule has 1 fully saturated rings. The summed E-state index contributed by atoms with van der Waals surface area (Å²) in [7, 11) is 0. The van der Waals surface area contributed by atoms with Gasteiger partial charge in [0.05, 0.1) is 0 Å². The maximum atomic E-state index is 11.0. The molecular weight excluding hydrogens is 228 g/mol. The van der Waals surface area contributed by atoms with Gasteiger partial charge in [0.2, 0.25) is 0 Å². The number of hydrogen-bond donors (Lipinski definition) is 2. The van der Waals surface area contributed by atoms with Gasteiger partial charge in [0.1, 0.15) is 0 Å². The Bertz CT molecular complexity index is 206. The van der Waals surface area contributed by atoms with E-state index in [2.05, 4.69) is 19.2 Å². The second-order valence-electron chi connectivity index (χ2n) is 4.77. The third kappa shape index (κ3) is 5.56. The van der Waals surface area contributed by atoms with Crippen LogP contribution >= 0.6 is 12.4 Å². The first-order chi connectivity index (χ1) is 7.09. The fraction of sp³-hybridized carbons (Fsp3) is 0.909. The topological polar surface area (TPSA) is 52.6 Å². The lowest BCUT2D eigenvalue weighted by atomic mass is 9.97. The van der Waals surface area contributed by atoms with E-state index in [4.69, 9.17) is 5.11 Å². The second-order valence-corrected chi connectivity index (χ2v) is 4.77. The quantitative estimate of drug-likeness (QED) is 0.803. The Morgan fingerprint density at radius 2 is 2.00 bits per heavy atom. The van der Waals surface area contributed by atoms with Crippen LogP contribution in [0.5, 0.6) is 0 Å². The van der Waals surface area contributed by atoms with Crippen LogP contribution in [0.1, 0.15) is 26.7 Å². The lowest BCUT2D eigenvalue weighted by molar-refractivity contribution is 0.125. The van der Waals surface area contributed by atoms with Crippen LogP contribution in [0, 0.1) is 11.8 Å². The molecule has 0 radical (unpaired) electrons. The molecule has 4 nitrogen and oxygen atoms in total. The van der Waals surface area contributed by atoms with E-state index < -0.39 is 6.09 Å². The van der Waals surface area contributed by atoms with Crippen LogP contribution < -0.4 is 5.32 Å². The van der Waals surface area contributed by atoms with Crippen LogP contribution in [-0.4, -0.2) is 42.3 Å². The molecule has 5 heteroatoms. The molecule has 0 aliphatic carbocycles. The Hall–Kier alpha value is -0.480. The van der Waals surface area contributed by atoms with Gasteiger partial charge >= 0.3 is 6.09 Å². The molecule has 0 spiro atoms. The molecule has 2 N–H and O–H groups in total. The molecule has 0 atom stereocenters. The molecule has 0 aromatic carbocycles. The molecular formula is C11H23ClN2O2. The van der Waals surface area contributed by atoms with Crippen molar-refractivity contribution in [3.05, 3.63) is 0 Å². The first-order valence-corrected chi connectivity index (χ1v) is 5.78. The van der Waals surface area contributed by atoms with E-state index in [1.165, 1.54) is 0 Å². The summed E-state index contributed by atoms with van der Waals surface area (Å²) in [5.41, 5.74) is 0. The Kier molecular flexibility index (Phi) is 7.51. The summed E-state index contributed by atoms with van der Waals surface area (Å²) in [5, 5.41) is 12.4. The highest BCUT2D eigenvalue weighted by Crippen LogP contribution is 2.14. The van der Waals surface area contributed by atoms with Crippen molar-refractivity contribution in [2.45, 2.75) is 26.7 Å². The SMILES string of the molecule is CC(C)CN(CC1CCNCC1)C(=O)O.Cl. The van der Waals surface area contributed by atoms with E-state index in [1.807, 2.05) is 0 Å².